The number of nitrogens with two attached hydrogens (primary N) is 1. The van der Waals surface area contributed by atoms with Gasteiger partial charge in [0.25, 0.3) is 0 Å². The molecule has 57 heavy (non-hydrogen) atoms. The Bertz CT molecular complexity index is 2030. The summed E-state index contributed by atoms with van der Waals surface area (Å²) in [6.45, 7) is 5.60. The van der Waals surface area contributed by atoms with Gasteiger partial charge in [-0.2, -0.15) is 15.4 Å². The Labute approximate surface area is 329 Å². The monoisotopic (exact) mass is 810 g/mol. The van der Waals surface area contributed by atoms with Gasteiger partial charge in [-0.05, 0) is 62.8 Å². The van der Waals surface area contributed by atoms with E-state index >= 15 is 0 Å². The fraction of sp³-hybridized carbons (Fsp3) is 0.553. The summed E-state index contributed by atoms with van der Waals surface area (Å²) >= 11 is 0. The summed E-state index contributed by atoms with van der Waals surface area (Å²) in [5, 5.41) is 17.8. The van der Waals surface area contributed by atoms with Gasteiger partial charge in [0.05, 0.1) is 30.6 Å². The van der Waals surface area contributed by atoms with Crippen molar-refractivity contribution in [3.63, 3.8) is 0 Å². The number of benzene rings is 1. The van der Waals surface area contributed by atoms with E-state index in [1.165, 1.54) is 28.8 Å². The molecule has 18 nitrogen and oxygen atoms in total. The Kier molecular flexibility index (Phi) is 12.8. The summed E-state index contributed by atoms with van der Waals surface area (Å²) in [5.41, 5.74) is 4.23. The van der Waals surface area contributed by atoms with Crippen LogP contribution in [-0.4, -0.2) is 81.6 Å². The number of hydrogen-bond acceptors (Lipinski definition) is 16. The van der Waals surface area contributed by atoms with Gasteiger partial charge in [-0.1, -0.05) is 45.9 Å². The molecule has 1 aliphatic heterocycles. The van der Waals surface area contributed by atoms with Crippen LogP contribution >= 0.6 is 7.75 Å². The normalized spacial score (nSPS) is 23.8. The highest BCUT2D eigenvalue weighted by molar-refractivity contribution is 7.52. The number of nitrogens with one attached hydrogen (secondary N) is 1. The molecule has 3 heterocycles. The average molecular weight is 811 g/mol. The SMILES string of the molecule is CC(C)C(=O)O[C@H]1[C@@H](OC(=O)C(C)C)[C@](C#N)(c2ccc3c(N)ncnn23)O[C@@H]1CO[P@@](=O)(N[C@@H](CC(=O)OC1CCC1)C(=O)OC1CCC1)Oc1ccccc1. The molecule has 6 rings (SSSR count). The maximum Gasteiger partial charge on any atom is 0.459 e. The Morgan fingerprint density at radius 3 is 2.21 bits per heavy atom. The molecule has 1 aromatic carbocycles. The van der Waals surface area contributed by atoms with E-state index in [1.807, 2.05) is 0 Å². The predicted octanol–water partition coefficient (Wildman–Crippen LogP) is 4.31. The van der Waals surface area contributed by atoms with Crippen LogP contribution < -0.4 is 15.3 Å². The molecule has 6 atom stereocenters. The molecular formula is C38H47N6O12P. The molecule has 2 aliphatic carbocycles. The minimum absolute atomic E-state index is 0.0503. The first-order chi connectivity index (χ1) is 27.2. The van der Waals surface area contributed by atoms with Crippen molar-refractivity contribution in [1.82, 2.24) is 19.7 Å². The van der Waals surface area contributed by atoms with Gasteiger partial charge in [0.2, 0.25) is 5.60 Å². The molecule has 19 heteroatoms. The predicted molar refractivity (Wildman–Crippen MR) is 199 cm³/mol. The van der Waals surface area contributed by atoms with Crippen LogP contribution in [0, 0.1) is 23.2 Å². The molecule has 0 radical (unpaired) electrons. The minimum atomic E-state index is -4.73. The summed E-state index contributed by atoms with van der Waals surface area (Å²) in [6, 6.07) is 11.5. The topological polar surface area (TPSA) is 242 Å². The van der Waals surface area contributed by atoms with Crippen molar-refractivity contribution in [3.05, 3.63) is 54.5 Å². The van der Waals surface area contributed by atoms with Crippen molar-refractivity contribution in [2.45, 2.75) is 115 Å². The number of aromatic nitrogens is 3. The van der Waals surface area contributed by atoms with Crippen LogP contribution in [0.4, 0.5) is 5.82 Å². The average Bonchev–Trinajstić information content (AvgIpc) is 3.71. The number of nitrogens with zero attached hydrogens (tertiary/aromatic N) is 4. The van der Waals surface area contributed by atoms with Crippen molar-refractivity contribution in [3.8, 4) is 11.8 Å². The minimum Gasteiger partial charge on any atom is -0.462 e. The number of ether oxygens (including phenoxy) is 5. The molecule has 0 amide bonds. The van der Waals surface area contributed by atoms with Gasteiger partial charge in [0, 0.05) is 0 Å². The van der Waals surface area contributed by atoms with Crippen molar-refractivity contribution >= 4 is 43.0 Å². The lowest BCUT2D eigenvalue weighted by atomic mass is 9.92. The largest absolute Gasteiger partial charge is 0.462 e. The molecule has 2 saturated carbocycles. The standard InChI is InChI=1S/C38H47N6O12P/c1-22(2)35(46)53-32-29(55-38(20-39,33(32)54-36(47)23(3)4)30-17-16-28-34(40)41-21-42-44(28)30)19-50-57(49,56-26-10-6-5-7-11-26)43-27(37(48)52-25-14-9-15-25)18-31(45)51-24-12-8-13-24/h5-7,10-11,16-17,21-25,27,29,32-33H,8-9,12-15,18-19H2,1-4H3,(H,43,49)(H2,40,41,42)/t27-,29+,32+,33+,38-,57-/m0/s1. The molecule has 0 spiro atoms. The molecule has 306 valence electrons. The lowest BCUT2D eigenvalue weighted by molar-refractivity contribution is -0.173. The summed E-state index contributed by atoms with van der Waals surface area (Å²) in [5.74, 6) is -4.27. The van der Waals surface area contributed by atoms with Crippen molar-refractivity contribution in [2.24, 2.45) is 11.8 Å². The van der Waals surface area contributed by atoms with Crippen molar-refractivity contribution in [1.29, 1.82) is 5.26 Å². The Morgan fingerprint density at radius 2 is 1.60 bits per heavy atom. The number of carbonyl (C=O) groups is 4. The molecule has 0 unspecified atom stereocenters. The third kappa shape index (κ3) is 9.39. The maximum absolute atomic E-state index is 14.9. The van der Waals surface area contributed by atoms with Gasteiger partial charge in [-0.3, -0.25) is 23.7 Å². The second-order valence-corrected chi connectivity index (χ2v) is 16.5. The lowest BCUT2D eigenvalue weighted by Gasteiger charge is -2.30. The fourth-order valence-corrected chi connectivity index (χ4v) is 7.71. The number of fused-ring (bicyclic) bond motifs is 1. The van der Waals surface area contributed by atoms with Crippen LogP contribution in [0.25, 0.3) is 5.52 Å². The van der Waals surface area contributed by atoms with Crippen LogP contribution in [-0.2, 0) is 57.6 Å². The van der Waals surface area contributed by atoms with E-state index in [2.05, 4.69) is 21.2 Å². The molecule has 3 N–H and O–H groups in total. The number of anilines is 1. The number of nitrogen functional groups attached to an aromatic ring is 1. The van der Waals surface area contributed by atoms with Gasteiger partial charge in [-0.15, -0.1) is 0 Å². The molecule has 3 aromatic rings. The molecule has 1 saturated heterocycles. The summed E-state index contributed by atoms with van der Waals surface area (Å²) in [7, 11) is -4.73. The first kappa shape index (κ1) is 41.6. The van der Waals surface area contributed by atoms with Crippen LogP contribution in [0.1, 0.15) is 78.3 Å². The van der Waals surface area contributed by atoms with Crippen LogP contribution in [0.3, 0.4) is 0 Å². The molecule has 0 bridgehead atoms. The van der Waals surface area contributed by atoms with Gasteiger partial charge < -0.3 is 33.9 Å². The van der Waals surface area contributed by atoms with Crippen molar-refractivity contribution in [2.75, 3.05) is 12.3 Å². The summed E-state index contributed by atoms with van der Waals surface area (Å²) in [4.78, 5) is 57.1. The molecule has 2 aromatic heterocycles. The van der Waals surface area contributed by atoms with Gasteiger partial charge in [0.15, 0.2) is 18.0 Å². The second kappa shape index (κ2) is 17.6. The zero-order valence-electron chi connectivity index (χ0n) is 32.1. The number of carbonyl (C=O) groups excluding carboxylic acids is 4. The third-order valence-electron chi connectivity index (χ3n) is 9.90. The highest BCUT2D eigenvalue weighted by Gasteiger charge is 2.63. The van der Waals surface area contributed by atoms with E-state index in [-0.39, 0.29) is 29.5 Å². The zero-order valence-corrected chi connectivity index (χ0v) is 33.0. The number of nitriles is 1. The van der Waals surface area contributed by atoms with E-state index in [9.17, 15) is 29.0 Å². The van der Waals surface area contributed by atoms with Gasteiger partial charge >= 0.3 is 31.6 Å². The van der Waals surface area contributed by atoms with E-state index in [0.717, 1.165) is 19.2 Å². The smallest absolute Gasteiger partial charge is 0.459 e. The van der Waals surface area contributed by atoms with Crippen LogP contribution in [0.2, 0.25) is 0 Å². The molecular weight excluding hydrogens is 763 g/mol. The van der Waals surface area contributed by atoms with Crippen LogP contribution in [0.5, 0.6) is 5.75 Å². The van der Waals surface area contributed by atoms with Crippen LogP contribution in [0.15, 0.2) is 48.8 Å². The maximum atomic E-state index is 14.9. The summed E-state index contributed by atoms with van der Waals surface area (Å²) < 4.78 is 57.5. The van der Waals surface area contributed by atoms with Gasteiger partial charge in [0.1, 0.15) is 48.0 Å². The first-order valence-electron chi connectivity index (χ1n) is 19.0. The second-order valence-electron chi connectivity index (χ2n) is 14.8. The van der Waals surface area contributed by atoms with Gasteiger partial charge in [-0.25, -0.2) is 14.1 Å². The number of esters is 4. The van der Waals surface area contributed by atoms with E-state index < -0.39 is 86.4 Å². The zero-order chi connectivity index (χ0) is 40.9. The molecule has 3 aliphatic rings. The van der Waals surface area contributed by atoms with E-state index in [0.29, 0.717) is 31.2 Å². The first-order valence-corrected chi connectivity index (χ1v) is 20.5. The fourth-order valence-electron chi connectivity index (χ4n) is 6.21. The highest BCUT2D eigenvalue weighted by atomic mass is 31.2. The lowest BCUT2D eigenvalue weighted by Crippen LogP contribution is -2.47. The van der Waals surface area contributed by atoms with Crippen molar-refractivity contribution < 1.29 is 56.5 Å². The van der Waals surface area contributed by atoms with E-state index in [4.69, 9.17) is 38.5 Å². The number of rotatable bonds is 17. The third-order valence-corrected chi connectivity index (χ3v) is 11.5. The molecule has 3 fully saturated rings. The quantitative estimate of drug-likeness (QED) is 0.110. The number of para-hydroxylation sites is 1. The Balaban J connectivity index is 1.37. The Hall–Kier alpha value is -5.08. The van der Waals surface area contributed by atoms with E-state index in [1.54, 1.807) is 45.9 Å². The Morgan fingerprint density at radius 1 is 0.947 bits per heavy atom. The summed E-state index contributed by atoms with van der Waals surface area (Å²) in [6.07, 6.45) is -0.277. The number of hydrogen-bond donors (Lipinski definition) is 2. The highest BCUT2D eigenvalue weighted by Crippen LogP contribution is 2.49.